The van der Waals surface area contributed by atoms with Crippen molar-refractivity contribution >= 4 is 22.8 Å². The van der Waals surface area contributed by atoms with Crippen LogP contribution in [0.3, 0.4) is 0 Å². The lowest BCUT2D eigenvalue weighted by Gasteiger charge is -2.27. The molecule has 0 fully saturated rings. The van der Waals surface area contributed by atoms with E-state index >= 15 is 0 Å². The molecule has 5 nitrogen and oxygen atoms in total. The number of likely N-dealkylation sites (N-methyl/N-ethyl adjacent to an activating group) is 1. The minimum atomic E-state index is -0.773. The Bertz CT molecular complexity index is 1060. The van der Waals surface area contributed by atoms with Gasteiger partial charge in [-0.2, -0.15) is 0 Å². The third-order valence-corrected chi connectivity index (χ3v) is 5.21. The number of hydrogen-bond acceptors (Lipinski definition) is 3. The fourth-order valence-electron chi connectivity index (χ4n) is 3.54. The number of fused-ring (bicyclic) bond motifs is 1. The molecule has 158 valence electrons. The van der Waals surface area contributed by atoms with Gasteiger partial charge in [0.2, 0.25) is 5.91 Å². The average Bonchev–Trinajstić information content (AvgIpc) is 3.09. The smallest absolute Gasteiger partial charge is 0.254 e. The first kappa shape index (κ1) is 21.6. The third-order valence-electron chi connectivity index (χ3n) is 5.21. The van der Waals surface area contributed by atoms with Gasteiger partial charge in [-0.15, -0.1) is 0 Å². The van der Waals surface area contributed by atoms with Crippen molar-refractivity contribution in [2.45, 2.75) is 39.8 Å². The number of benzene rings is 2. The highest BCUT2D eigenvalue weighted by molar-refractivity contribution is 5.97. The zero-order valence-electron chi connectivity index (χ0n) is 17.7. The summed E-state index contributed by atoms with van der Waals surface area (Å²) in [5.41, 5.74) is 1.68. The van der Waals surface area contributed by atoms with Gasteiger partial charge in [0.05, 0.1) is 5.56 Å². The van der Waals surface area contributed by atoms with E-state index in [1.807, 2.05) is 45.0 Å². The standard InChI is InChI=1S/C24H27FN2O3/c1-5-20-18(16-10-7-9-13-21(16)30-20)14-27(4)24(29)22(15(2)3)26-23(28)17-11-6-8-12-19(17)25/h6-13,15,22H,5,14H2,1-4H3,(H,26,28)/t22-/m0/s1. The van der Waals surface area contributed by atoms with Crippen LogP contribution in [0.4, 0.5) is 4.39 Å². The fraction of sp³-hybridized carbons (Fsp3) is 0.333. The lowest BCUT2D eigenvalue weighted by molar-refractivity contribution is -0.133. The molecule has 0 spiro atoms. The highest BCUT2D eigenvalue weighted by atomic mass is 19.1. The lowest BCUT2D eigenvalue weighted by Crippen LogP contribution is -2.50. The van der Waals surface area contributed by atoms with Crippen LogP contribution in [0.15, 0.2) is 52.9 Å². The van der Waals surface area contributed by atoms with Gasteiger partial charge < -0.3 is 14.6 Å². The Labute approximate surface area is 175 Å². The Hall–Kier alpha value is -3.15. The van der Waals surface area contributed by atoms with Gasteiger partial charge in [0, 0.05) is 31.0 Å². The molecule has 0 aliphatic rings. The molecule has 1 aromatic heterocycles. The lowest BCUT2D eigenvalue weighted by atomic mass is 10.0. The van der Waals surface area contributed by atoms with E-state index in [2.05, 4.69) is 5.32 Å². The molecule has 30 heavy (non-hydrogen) atoms. The van der Waals surface area contributed by atoms with Crippen LogP contribution in [0.1, 0.15) is 42.5 Å². The molecule has 0 saturated carbocycles. The maximum Gasteiger partial charge on any atom is 0.254 e. The van der Waals surface area contributed by atoms with E-state index in [4.69, 9.17) is 4.42 Å². The number of hydrogen-bond donors (Lipinski definition) is 1. The molecule has 0 saturated heterocycles. The third kappa shape index (κ3) is 4.37. The summed E-state index contributed by atoms with van der Waals surface area (Å²) in [6, 6.07) is 12.7. The summed E-state index contributed by atoms with van der Waals surface area (Å²) in [4.78, 5) is 27.3. The van der Waals surface area contributed by atoms with Crippen LogP contribution in [0.25, 0.3) is 11.0 Å². The summed E-state index contributed by atoms with van der Waals surface area (Å²) in [6.45, 7) is 6.07. The minimum Gasteiger partial charge on any atom is -0.461 e. The SMILES string of the molecule is CCc1oc2ccccc2c1CN(C)C(=O)[C@@H](NC(=O)c1ccccc1F)C(C)C. The molecule has 6 heteroatoms. The van der Waals surface area contributed by atoms with Crippen LogP contribution in [0.5, 0.6) is 0 Å². The van der Waals surface area contributed by atoms with Gasteiger partial charge in [-0.05, 0) is 24.1 Å². The predicted octanol–water partition coefficient (Wildman–Crippen LogP) is 4.55. The van der Waals surface area contributed by atoms with E-state index in [0.717, 1.165) is 22.3 Å². The number of aryl methyl sites for hydroxylation is 1. The molecule has 0 aliphatic carbocycles. The van der Waals surface area contributed by atoms with Crippen LogP contribution < -0.4 is 5.32 Å². The molecule has 1 atom stereocenters. The maximum atomic E-state index is 14.0. The molecular weight excluding hydrogens is 383 g/mol. The van der Waals surface area contributed by atoms with Gasteiger partial charge in [0.1, 0.15) is 23.2 Å². The molecule has 0 aliphatic heterocycles. The van der Waals surface area contributed by atoms with Gasteiger partial charge in [0.15, 0.2) is 0 Å². The maximum absolute atomic E-state index is 14.0. The zero-order chi connectivity index (χ0) is 21.8. The van der Waals surface area contributed by atoms with Crippen molar-refractivity contribution in [1.29, 1.82) is 0 Å². The van der Waals surface area contributed by atoms with Crippen molar-refractivity contribution in [3.63, 3.8) is 0 Å². The normalized spacial score (nSPS) is 12.2. The topological polar surface area (TPSA) is 62.6 Å². The van der Waals surface area contributed by atoms with E-state index in [1.165, 1.54) is 18.2 Å². The van der Waals surface area contributed by atoms with E-state index in [1.54, 1.807) is 18.0 Å². The molecule has 3 aromatic rings. The Morgan fingerprint density at radius 2 is 1.77 bits per heavy atom. The van der Waals surface area contributed by atoms with Gasteiger partial charge in [-0.1, -0.05) is 51.1 Å². The number of nitrogens with one attached hydrogen (secondary N) is 1. The zero-order valence-corrected chi connectivity index (χ0v) is 17.7. The first-order chi connectivity index (χ1) is 14.3. The van der Waals surface area contributed by atoms with Gasteiger partial charge in [0.25, 0.3) is 5.91 Å². The van der Waals surface area contributed by atoms with E-state index < -0.39 is 17.8 Å². The van der Waals surface area contributed by atoms with Crippen molar-refractivity contribution in [3.8, 4) is 0 Å². The summed E-state index contributed by atoms with van der Waals surface area (Å²) >= 11 is 0. The van der Waals surface area contributed by atoms with Crippen LogP contribution >= 0.6 is 0 Å². The molecule has 0 unspecified atom stereocenters. The predicted molar refractivity (Wildman–Crippen MR) is 115 cm³/mol. The Kier molecular flexibility index (Phi) is 6.55. The molecule has 1 heterocycles. The van der Waals surface area contributed by atoms with Gasteiger partial charge in [-0.3, -0.25) is 9.59 Å². The Morgan fingerprint density at radius 3 is 2.43 bits per heavy atom. The second-order valence-electron chi connectivity index (χ2n) is 7.72. The van der Waals surface area contributed by atoms with E-state index in [9.17, 15) is 14.0 Å². The number of amides is 2. The minimum absolute atomic E-state index is 0.0762. The summed E-state index contributed by atoms with van der Waals surface area (Å²) in [5.74, 6) is -0.774. The summed E-state index contributed by atoms with van der Waals surface area (Å²) in [6.07, 6.45) is 0.712. The second kappa shape index (κ2) is 9.11. The summed E-state index contributed by atoms with van der Waals surface area (Å²) in [7, 11) is 1.70. The Morgan fingerprint density at radius 1 is 1.10 bits per heavy atom. The number of halogens is 1. The molecule has 1 N–H and O–H groups in total. The number of para-hydroxylation sites is 1. The summed E-state index contributed by atoms with van der Waals surface area (Å²) < 4.78 is 19.9. The van der Waals surface area contributed by atoms with Gasteiger partial charge >= 0.3 is 0 Å². The first-order valence-electron chi connectivity index (χ1n) is 10.1. The van der Waals surface area contributed by atoms with Crippen molar-refractivity contribution in [2.24, 2.45) is 5.92 Å². The number of furan rings is 1. The molecular formula is C24H27FN2O3. The molecule has 2 amide bonds. The van der Waals surface area contributed by atoms with Crippen LogP contribution in [-0.2, 0) is 17.8 Å². The van der Waals surface area contributed by atoms with Crippen molar-refractivity contribution in [3.05, 3.63) is 71.2 Å². The van der Waals surface area contributed by atoms with Crippen LogP contribution in [0, 0.1) is 11.7 Å². The van der Waals surface area contributed by atoms with E-state index in [-0.39, 0.29) is 17.4 Å². The fourth-order valence-corrected chi connectivity index (χ4v) is 3.54. The highest BCUT2D eigenvalue weighted by Crippen LogP contribution is 2.27. The van der Waals surface area contributed by atoms with Crippen molar-refractivity contribution in [1.82, 2.24) is 10.2 Å². The molecule has 2 aromatic carbocycles. The van der Waals surface area contributed by atoms with E-state index in [0.29, 0.717) is 13.0 Å². The molecule has 0 bridgehead atoms. The highest BCUT2D eigenvalue weighted by Gasteiger charge is 2.29. The number of carbonyl (C=O) groups is 2. The number of carbonyl (C=O) groups excluding carboxylic acids is 2. The molecule has 3 rings (SSSR count). The monoisotopic (exact) mass is 410 g/mol. The van der Waals surface area contributed by atoms with Crippen LogP contribution in [-0.4, -0.2) is 29.8 Å². The number of nitrogens with zero attached hydrogens (tertiary/aromatic N) is 1. The number of rotatable bonds is 7. The van der Waals surface area contributed by atoms with Crippen LogP contribution in [0.2, 0.25) is 0 Å². The largest absolute Gasteiger partial charge is 0.461 e. The quantitative estimate of drug-likeness (QED) is 0.622. The van der Waals surface area contributed by atoms with Crippen molar-refractivity contribution in [2.75, 3.05) is 7.05 Å². The van der Waals surface area contributed by atoms with Gasteiger partial charge in [-0.25, -0.2) is 4.39 Å². The second-order valence-corrected chi connectivity index (χ2v) is 7.72. The first-order valence-corrected chi connectivity index (χ1v) is 10.1. The summed E-state index contributed by atoms with van der Waals surface area (Å²) in [5, 5.41) is 3.68. The average molecular weight is 410 g/mol. The molecule has 0 radical (unpaired) electrons. The van der Waals surface area contributed by atoms with Crippen molar-refractivity contribution < 1.29 is 18.4 Å². The Balaban J connectivity index is 1.81.